The average Bonchev–Trinajstić information content (AvgIpc) is 2.83. The maximum atomic E-state index is 12.8. The van der Waals surface area contributed by atoms with Crippen LogP contribution in [0.25, 0.3) is 10.8 Å². The van der Waals surface area contributed by atoms with Crippen LogP contribution < -0.4 is 14.4 Å². The highest BCUT2D eigenvalue weighted by atomic mass is 35.5. The van der Waals surface area contributed by atoms with Crippen molar-refractivity contribution in [1.29, 1.82) is 0 Å². The number of hydrogen-bond donors (Lipinski definition) is 1. The zero-order valence-corrected chi connectivity index (χ0v) is 20.7. The van der Waals surface area contributed by atoms with Crippen LogP contribution >= 0.6 is 12.4 Å². The number of carboxylic acid groups (broad SMARTS) is 1. The number of hydrogen-bond acceptors (Lipinski definition) is 5. The lowest BCUT2D eigenvalue weighted by molar-refractivity contribution is -0.138. The molecule has 1 heterocycles. The fourth-order valence-corrected chi connectivity index (χ4v) is 3.97. The molecule has 6 nitrogen and oxygen atoms in total. The van der Waals surface area contributed by atoms with Gasteiger partial charge in [-0.3, -0.25) is 4.98 Å². The van der Waals surface area contributed by atoms with Crippen molar-refractivity contribution in [2.24, 2.45) is 0 Å². The van der Waals surface area contributed by atoms with Gasteiger partial charge >= 0.3 is 5.97 Å². The smallest absolute Gasteiger partial charge is 0.331 e. The maximum Gasteiger partial charge on any atom is 0.331 e. The van der Waals surface area contributed by atoms with Crippen molar-refractivity contribution in [2.75, 3.05) is 11.5 Å². The van der Waals surface area contributed by atoms with Gasteiger partial charge in [-0.2, -0.15) is 0 Å². The Balaban J connectivity index is 0.00000342. The summed E-state index contributed by atoms with van der Waals surface area (Å²) in [7, 11) is 0. The summed E-state index contributed by atoms with van der Waals surface area (Å²) >= 11 is 0. The summed E-state index contributed by atoms with van der Waals surface area (Å²) in [6.07, 6.45) is 3.49. The third-order valence-electron chi connectivity index (χ3n) is 5.37. The lowest BCUT2D eigenvalue weighted by Gasteiger charge is -2.32. The highest BCUT2D eigenvalue weighted by molar-refractivity contribution is 5.89. The Kier molecular flexibility index (Phi) is 8.55. The number of carboxylic acids is 1. The van der Waals surface area contributed by atoms with E-state index >= 15 is 0 Å². The van der Waals surface area contributed by atoms with Crippen molar-refractivity contribution in [3.8, 4) is 11.5 Å². The van der Waals surface area contributed by atoms with Crippen LogP contribution in [0.1, 0.15) is 32.4 Å². The molecule has 1 atom stereocenters. The van der Waals surface area contributed by atoms with Crippen molar-refractivity contribution in [3.05, 3.63) is 90.8 Å². The maximum absolute atomic E-state index is 12.8. The van der Waals surface area contributed by atoms with Gasteiger partial charge < -0.3 is 19.5 Å². The predicted octanol–water partition coefficient (Wildman–Crippen LogP) is 6.81. The van der Waals surface area contributed by atoms with E-state index < -0.39 is 12.0 Å². The fourth-order valence-electron chi connectivity index (χ4n) is 3.97. The Labute approximate surface area is 211 Å². The molecule has 3 aromatic carbocycles. The minimum Gasteiger partial charge on any atom is -0.490 e. The van der Waals surface area contributed by atoms with Crippen LogP contribution in [0.2, 0.25) is 0 Å². The first-order valence-corrected chi connectivity index (χ1v) is 11.3. The minimum absolute atomic E-state index is 0. The molecule has 4 aromatic rings. The standard InChI is InChI=1S/C28H28N2O4.ClH/c1-4-33-26-17-21(11-13-25(26)34-19(2)3)27(28(31)32)30(23-8-6-5-7-9-23)24-12-10-22-18-29-15-14-20(22)16-24;/h5-19,27H,4H2,1-3H3,(H,31,32);1H. The van der Waals surface area contributed by atoms with Gasteiger partial charge in [0.15, 0.2) is 17.5 Å². The molecular weight excluding hydrogens is 464 g/mol. The SMILES string of the molecule is CCOc1cc(C(C(=O)O)N(c2ccccc2)c2ccc3cnccc3c2)ccc1OC(C)C.Cl. The molecule has 7 heteroatoms. The molecular formula is C28H29ClN2O4. The van der Waals surface area contributed by atoms with E-state index in [1.807, 2.05) is 80.3 Å². The van der Waals surface area contributed by atoms with Gasteiger partial charge in [0.05, 0.1) is 12.7 Å². The fraction of sp³-hybridized carbons (Fsp3) is 0.214. The number of nitrogens with zero attached hydrogens (tertiary/aromatic N) is 2. The Morgan fingerprint density at radius 1 is 0.943 bits per heavy atom. The summed E-state index contributed by atoms with van der Waals surface area (Å²) in [5.74, 6) is 0.144. The van der Waals surface area contributed by atoms with E-state index in [-0.39, 0.29) is 18.5 Å². The molecule has 0 aliphatic rings. The molecule has 0 fully saturated rings. The number of pyridine rings is 1. The summed E-state index contributed by atoms with van der Waals surface area (Å²) in [5, 5.41) is 12.4. The molecule has 0 saturated carbocycles. The monoisotopic (exact) mass is 492 g/mol. The molecule has 0 saturated heterocycles. The molecule has 1 N–H and O–H groups in total. The number of rotatable bonds is 9. The minimum atomic E-state index is -0.992. The summed E-state index contributed by atoms with van der Waals surface area (Å²) in [5.41, 5.74) is 2.12. The van der Waals surface area contributed by atoms with E-state index in [1.165, 1.54) is 0 Å². The highest BCUT2D eigenvalue weighted by Crippen LogP contribution is 2.39. The van der Waals surface area contributed by atoms with E-state index in [9.17, 15) is 9.90 Å². The zero-order valence-electron chi connectivity index (χ0n) is 19.9. The van der Waals surface area contributed by atoms with Gasteiger partial charge in [-0.15, -0.1) is 12.4 Å². The third-order valence-corrected chi connectivity index (χ3v) is 5.37. The van der Waals surface area contributed by atoms with Gasteiger partial charge in [-0.1, -0.05) is 30.3 Å². The number of anilines is 2. The molecule has 0 aliphatic heterocycles. The number of aliphatic carboxylic acids is 1. The lowest BCUT2D eigenvalue weighted by atomic mass is 10.0. The first kappa shape index (κ1) is 25.8. The molecule has 4 rings (SSSR count). The van der Waals surface area contributed by atoms with E-state index in [0.717, 1.165) is 22.1 Å². The van der Waals surface area contributed by atoms with Crippen molar-refractivity contribution in [1.82, 2.24) is 4.98 Å². The van der Waals surface area contributed by atoms with Gasteiger partial charge in [0.25, 0.3) is 0 Å². The average molecular weight is 493 g/mol. The highest BCUT2D eigenvalue weighted by Gasteiger charge is 2.30. The molecule has 35 heavy (non-hydrogen) atoms. The van der Waals surface area contributed by atoms with Crippen molar-refractivity contribution in [2.45, 2.75) is 32.9 Å². The van der Waals surface area contributed by atoms with Crippen LogP contribution in [0.5, 0.6) is 11.5 Å². The largest absolute Gasteiger partial charge is 0.490 e. The van der Waals surface area contributed by atoms with E-state index in [0.29, 0.717) is 23.7 Å². The van der Waals surface area contributed by atoms with Crippen molar-refractivity contribution in [3.63, 3.8) is 0 Å². The first-order chi connectivity index (χ1) is 16.5. The summed E-state index contributed by atoms with van der Waals surface area (Å²) in [4.78, 5) is 18.8. The van der Waals surface area contributed by atoms with Crippen molar-refractivity contribution < 1.29 is 19.4 Å². The van der Waals surface area contributed by atoms with Gasteiger partial charge in [-0.05, 0) is 74.2 Å². The first-order valence-electron chi connectivity index (χ1n) is 11.3. The summed E-state index contributed by atoms with van der Waals surface area (Å²) in [6.45, 7) is 6.21. The van der Waals surface area contributed by atoms with Crippen molar-refractivity contribution >= 4 is 40.5 Å². The van der Waals surface area contributed by atoms with Gasteiger partial charge in [0, 0.05) is 29.2 Å². The number of ether oxygens (including phenoxy) is 2. The summed E-state index contributed by atoms with van der Waals surface area (Å²) < 4.78 is 11.7. The van der Waals surface area contributed by atoms with Gasteiger partial charge in [0.1, 0.15) is 0 Å². The van der Waals surface area contributed by atoms with Crippen LogP contribution in [-0.4, -0.2) is 28.8 Å². The lowest BCUT2D eigenvalue weighted by Crippen LogP contribution is -2.30. The van der Waals surface area contributed by atoms with E-state index in [2.05, 4.69) is 4.98 Å². The Morgan fingerprint density at radius 3 is 2.40 bits per heavy atom. The number of para-hydroxylation sites is 1. The second kappa shape index (κ2) is 11.6. The Morgan fingerprint density at radius 2 is 1.71 bits per heavy atom. The third kappa shape index (κ3) is 5.84. The van der Waals surface area contributed by atoms with Gasteiger partial charge in [-0.25, -0.2) is 4.79 Å². The Hall–Kier alpha value is -3.77. The van der Waals surface area contributed by atoms with Crippen LogP contribution in [0.4, 0.5) is 11.4 Å². The quantitative estimate of drug-likeness (QED) is 0.277. The van der Waals surface area contributed by atoms with E-state index in [4.69, 9.17) is 9.47 Å². The van der Waals surface area contributed by atoms with Crippen LogP contribution in [0.3, 0.4) is 0 Å². The normalized spacial score (nSPS) is 11.5. The number of carbonyl (C=O) groups is 1. The molecule has 0 aliphatic carbocycles. The Bertz CT molecular complexity index is 1280. The number of aromatic nitrogens is 1. The molecule has 0 spiro atoms. The summed E-state index contributed by atoms with van der Waals surface area (Å²) in [6, 6.07) is 21.7. The second-order valence-corrected chi connectivity index (χ2v) is 8.16. The van der Waals surface area contributed by atoms with Crippen LogP contribution in [-0.2, 0) is 4.79 Å². The second-order valence-electron chi connectivity index (χ2n) is 8.16. The van der Waals surface area contributed by atoms with Crippen LogP contribution in [0, 0.1) is 0 Å². The van der Waals surface area contributed by atoms with E-state index in [1.54, 1.807) is 30.6 Å². The predicted molar refractivity (Wildman–Crippen MR) is 141 cm³/mol. The molecule has 0 radical (unpaired) electrons. The van der Waals surface area contributed by atoms with Crippen LogP contribution in [0.15, 0.2) is 85.2 Å². The molecule has 0 amide bonds. The molecule has 0 bridgehead atoms. The molecule has 182 valence electrons. The molecule has 1 unspecified atom stereocenters. The number of benzene rings is 3. The number of fused-ring (bicyclic) bond motifs is 1. The van der Waals surface area contributed by atoms with Gasteiger partial charge in [0.2, 0.25) is 0 Å². The number of halogens is 1. The zero-order chi connectivity index (χ0) is 24.1. The molecule has 1 aromatic heterocycles. The topological polar surface area (TPSA) is 71.9 Å².